The Hall–Kier alpha value is -1.11. The zero-order chi connectivity index (χ0) is 13.5. The Morgan fingerprint density at radius 2 is 2.00 bits per heavy atom. The highest BCUT2D eigenvalue weighted by atomic mass is 32.2. The van der Waals surface area contributed by atoms with Gasteiger partial charge in [0.05, 0.1) is 23.7 Å². The molecule has 1 aromatic rings. The first-order valence-electron chi connectivity index (χ1n) is 5.66. The summed E-state index contributed by atoms with van der Waals surface area (Å²) in [6.07, 6.45) is -0.434. The maximum Gasteiger partial charge on any atom is 0.269 e. The third kappa shape index (κ3) is 5.48. The first-order valence-corrected chi connectivity index (χ1v) is 6.64. The Labute approximate surface area is 110 Å². The average Bonchev–Trinajstić information content (AvgIpc) is 2.34. The summed E-state index contributed by atoms with van der Waals surface area (Å²) in [5.41, 5.74) is 0.0723. The minimum Gasteiger partial charge on any atom is -0.390 e. The molecule has 0 aliphatic heterocycles. The number of aliphatic hydroxyl groups is 1. The summed E-state index contributed by atoms with van der Waals surface area (Å²) in [7, 11) is 0. The van der Waals surface area contributed by atoms with E-state index in [0.717, 1.165) is 4.90 Å². The van der Waals surface area contributed by atoms with E-state index in [0.29, 0.717) is 12.4 Å². The number of nitro groups is 1. The first-order chi connectivity index (χ1) is 8.49. The number of nitro benzene ring substituents is 1. The maximum atomic E-state index is 10.5. The fourth-order valence-corrected chi connectivity index (χ4v) is 2.02. The molecule has 1 unspecified atom stereocenters. The zero-order valence-electron chi connectivity index (χ0n) is 10.4. The molecule has 0 amide bonds. The van der Waals surface area contributed by atoms with Crippen LogP contribution >= 0.6 is 11.8 Å². The van der Waals surface area contributed by atoms with Gasteiger partial charge in [0.2, 0.25) is 0 Å². The van der Waals surface area contributed by atoms with Gasteiger partial charge in [0.1, 0.15) is 0 Å². The topological polar surface area (TPSA) is 72.6 Å². The molecule has 0 bridgehead atoms. The van der Waals surface area contributed by atoms with Crippen molar-refractivity contribution < 1.29 is 14.8 Å². The fraction of sp³-hybridized carbons (Fsp3) is 0.500. The van der Waals surface area contributed by atoms with Gasteiger partial charge < -0.3 is 9.84 Å². The van der Waals surface area contributed by atoms with Crippen molar-refractivity contribution in [1.82, 2.24) is 0 Å². The monoisotopic (exact) mass is 271 g/mol. The van der Waals surface area contributed by atoms with Gasteiger partial charge in [-0.3, -0.25) is 10.1 Å². The Morgan fingerprint density at radius 1 is 1.39 bits per heavy atom. The van der Waals surface area contributed by atoms with Gasteiger partial charge in [-0.25, -0.2) is 0 Å². The van der Waals surface area contributed by atoms with E-state index in [1.54, 1.807) is 12.1 Å². The third-order valence-corrected chi connectivity index (χ3v) is 3.27. The van der Waals surface area contributed by atoms with Crippen LogP contribution in [0.3, 0.4) is 0 Å². The highest BCUT2D eigenvalue weighted by Gasteiger charge is 2.08. The van der Waals surface area contributed by atoms with Crippen LogP contribution in [0.25, 0.3) is 0 Å². The van der Waals surface area contributed by atoms with Crippen molar-refractivity contribution in [2.75, 3.05) is 12.4 Å². The first kappa shape index (κ1) is 14.9. The predicted molar refractivity (Wildman–Crippen MR) is 70.9 cm³/mol. The zero-order valence-corrected chi connectivity index (χ0v) is 11.2. The number of nitrogens with zero attached hydrogens (tertiary/aromatic N) is 1. The van der Waals surface area contributed by atoms with Crippen LogP contribution in [0.2, 0.25) is 0 Å². The van der Waals surface area contributed by atoms with E-state index in [9.17, 15) is 15.2 Å². The molecule has 1 atom stereocenters. The van der Waals surface area contributed by atoms with E-state index in [1.807, 2.05) is 13.8 Å². The maximum absolute atomic E-state index is 10.5. The van der Waals surface area contributed by atoms with E-state index in [4.69, 9.17) is 4.74 Å². The summed E-state index contributed by atoms with van der Waals surface area (Å²) < 4.78 is 5.29. The minimum absolute atomic E-state index is 0.0723. The summed E-state index contributed by atoms with van der Waals surface area (Å²) >= 11 is 1.45. The highest BCUT2D eigenvalue weighted by molar-refractivity contribution is 7.99. The van der Waals surface area contributed by atoms with Gasteiger partial charge in [0, 0.05) is 22.8 Å². The van der Waals surface area contributed by atoms with Gasteiger partial charge in [0.15, 0.2) is 0 Å². The molecule has 100 valence electrons. The summed E-state index contributed by atoms with van der Waals surface area (Å²) in [5.74, 6) is 0.504. The van der Waals surface area contributed by atoms with Crippen LogP contribution in [0.1, 0.15) is 13.8 Å². The molecular formula is C12H17NO4S. The lowest BCUT2D eigenvalue weighted by molar-refractivity contribution is -0.384. The van der Waals surface area contributed by atoms with Crippen molar-refractivity contribution in [2.24, 2.45) is 0 Å². The molecule has 1 aromatic carbocycles. The number of rotatable bonds is 7. The second kappa shape index (κ2) is 7.35. The summed E-state index contributed by atoms with van der Waals surface area (Å²) in [6, 6.07) is 6.27. The van der Waals surface area contributed by atoms with E-state index < -0.39 is 11.0 Å². The molecule has 6 heteroatoms. The van der Waals surface area contributed by atoms with Crippen LogP contribution in [0.5, 0.6) is 0 Å². The average molecular weight is 271 g/mol. The molecule has 0 saturated heterocycles. The minimum atomic E-state index is -0.535. The Balaban J connectivity index is 2.36. The number of hydrogen-bond donors (Lipinski definition) is 1. The van der Waals surface area contributed by atoms with Crippen molar-refractivity contribution in [3.8, 4) is 0 Å². The lowest BCUT2D eigenvalue weighted by Crippen LogP contribution is -2.20. The number of non-ortho nitro benzene ring substituents is 1. The summed E-state index contributed by atoms with van der Waals surface area (Å²) in [5, 5.41) is 20.1. The Kier molecular flexibility index (Phi) is 6.11. The number of aliphatic hydroxyl groups excluding tert-OH is 1. The molecule has 0 aliphatic carbocycles. The summed E-state index contributed by atoms with van der Waals surface area (Å²) in [4.78, 5) is 10.9. The van der Waals surface area contributed by atoms with Gasteiger partial charge in [-0.05, 0) is 26.0 Å². The Morgan fingerprint density at radius 3 is 2.50 bits per heavy atom. The van der Waals surface area contributed by atoms with Crippen LogP contribution in [-0.2, 0) is 4.74 Å². The van der Waals surface area contributed by atoms with Crippen molar-refractivity contribution in [1.29, 1.82) is 0 Å². The number of benzene rings is 1. The van der Waals surface area contributed by atoms with E-state index >= 15 is 0 Å². The van der Waals surface area contributed by atoms with Crippen LogP contribution in [-0.4, -0.2) is 34.6 Å². The van der Waals surface area contributed by atoms with Gasteiger partial charge in [-0.15, -0.1) is 11.8 Å². The molecular weight excluding hydrogens is 254 g/mol. The SMILES string of the molecule is CC(C)OCC(O)CSc1ccc([N+](=O)[O-])cc1. The largest absolute Gasteiger partial charge is 0.390 e. The second-order valence-corrected chi connectivity index (χ2v) is 5.19. The van der Waals surface area contributed by atoms with Crippen molar-refractivity contribution >= 4 is 17.4 Å². The number of hydrogen-bond acceptors (Lipinski definition) is 5. The molecule has 18 heavy (non-hydrogen) atoms. The van der Waals surface area contributed by atoms with Crippen LogP contribution < -0.4 is 0 Å². The third-order valence-electron chi connectivity index (χ3n) is 2.11. The molecule has 0 fully saturated rings. The summed E-state index contributed by atoms with van der Waals surface area (Å²) in [6.45, 7) is 4.13. The highest BCUT2D eigenvalue weighted by Crippen LogP contribution is 2.22. The van der Waals surface area contributed by atoms with Crippen molar-refractivity contribution in [2.45, 2.75) is 31.0 Å². The molecule has 0 radical (unpaired) electrons. The lowest BCUT2D eigenvalue weighted by atomic mass is 10.3. The molecule has 0 saturated carbocycles. The predicted octanol–water partition coefficient (Wildman–Crippen LogP) is 2.47. The van der Waals surface area contributed by atoms with Crippen molar-refractivity contribution in [3.05, 3.63) is 34.4 Å². The van der Waals surface area contributed by atoms with Crippen LogP contribution in [0.4, 0.5) is 5.69 Å². The van der Waals surface area contributed by atoms with E-state index in [-0.39, 0.29) is 11.8 Å². The van der Waals surface area contributed by atoms with Crippen LogP contribution in [0.15, 0.2) is 29.2 Å². The molecule has 1 N–H and O–H groups in total. The molecule has 0 spiro atoms. The van der Waals surface area contributed by atoms with Crippen molar-refractivity contribution in [3.63, 3.8) is 0 Å². The molecule has 0 heterocycles. The normalized spacial score (nSPS) is 12.7. The second-order valence-electron chi connectivity index (χ2n) is 4.10. The van der Waals surface area contributed by atoms with Gasteiger partial charge in [0.25, 0.3) is 5.69 Å². The van der Waals surface area contributed by atoms with Gasteiger partial charge in [-0.2, -0.15) is 0 Å². The molecule has 5 nitrogen and oxygen atoms in total. The molecule has 1 rings (SSSR count). The number of thioether (sulfide) groups is 1. The molecule has 0 aromatic heterocycles. The lowest BCUT2D eigenvalue weighted by Gasteiger charge is -2.12. The fourth-order valence-electron chi connectivity index (χ4n) is 1.21. The van der Waals surface area contributed by atoms with E-state index in [2.05, 4.69) is 0 Å². The standard InChI is InChI=1S/C12H17NO4S/c1-9(2)17-7-11(14)8-18-12-5-3-10(4-6-12)13(15)16/h3-6,9,11,14H,7-8H2,1-2H3. The van der Waals surface area contributed by atoms with Crippen LogP contribution in [0, 0.1) is 10.1 Å². The molecule has 0 aliphatic rings. The number of ether oxygens (including phenoxy) is 1. The van der Waals surface area contributed by atoms with Gasteiger partial charge in [-0.1, -0.05) is 0 Å². The quantitative estimate of drug-likeness (QED) is 0.468. The Bertz CT molecular complexity index is 380. The van der Waals surface area contributed by atoms with E-state index in [1.165, 1.54) is 23.9 Å². The van der Waals surface area contributed by atoms with Gasteiger partial charge >= 0.3 is 0 Å². The smallest absolute Gasteiger partial charge is 0.269 e.